The molecule has 8 heteroatoms. The van der Waals surface area contributed by atoms with Gasteiger partial charge in [-0.1, -0.05) is 6.07 Å². The second-order valence-electron chi connectivity index (χ2n) is 7.80. The van der Waals surface area contributed by atoms with Crippen molar-refractivity contribution in [3.63, 3.8) is 0 Å². The number of carbonyl (C=O) groups is 1. The number of fused-ring (bicyclic) bond motifs is 1. The Labute approximate surface area is 177 Å². The van der Waals surface area contributed by atoms with Crippen LogP contribution in [0.4, 0.5) is 0 Å². The minimum Gasteiger partial charge on any atom is -0.480 e. The molecular formula is C23H21N5O3. The van der Waals surface area contributed by atoms with Crippen LogP contribution in [0.15, 0.2) is 59.7 Å². The van der Waals surface area contributed by atoms with Gasteiger partial charge >= 0.3 is 5.97 Å². The zero-order chi connectivity index (χ0) is 21.4. The average molecular weight is 415 g/mol. The maximum absolute atomic E-state index is 12.5. The number of hydrogen-bond donors (Lipinski definition) is 3. The number of aromatic amines is 2. The van der Waals surface area contributed by atoms with Crippen molar-refractivity contribution in [3.8, 4) is 22.5 Å². The first-order chi connectivity index (χ1) is 15.1. The summed E-state index contributed by atoms with van der Waals surface area (Å²) in [6.45, 7) is 1.38. The van der Waals surface area contributed by atoms with Crippen LogP contribution in [0, 0.1) is 0 Å². The Hall–Kier alpha value is -3.78. The van der Waals surface area contributed by atoms with Crippen molar-refractivity contribution in [2.75, 3.05) is 6.54 Å². The Morgan fingerprint density at radius 3 is 2.81 bits per heavy atom. The first-order valence-electron chi connectivity index (χ1n) is 10.2. The standard InChI is InChI=1S/C23H21N5O3/c29-22-17(12-19(26-27-22)15-5-7-24-8-6-15)20-11-16-10-14(3-4-18(16)25-20)13-28-9-1-2-21(28)23(30)31/h3-8,10-12,21,25H,1-2,9,13H2,(H,27,29)(H,30,31)/t21-/m1/s1. The highest BCUT2D eigenvalue weighted by Crippen LogP contribution is 2.27. The monoisotopic (exact) mass is 415 g/mol. The van der Waals surface area contributed by atoms with Gasteiger partial charge in [0, 0.05) is 35.4 Å². The summed E-state index contributed by atoms with van der Waals surface area (Å²) in [6.07, 6.45) is 4.96. The lowest BCUT2D eigenvalue weighted by molar-refractivity contribution is -0.142. The third-order valence-corrected chi connectivity index (χ3v) is 5.79. The van der Waals surface area contributed by atoms with Crippen molar-refractivity contribution in [2.24, 2.45) is 0 Å². The van der Waals surface area contributed by atoms with Gasteiger partial charge in [-0.3, -0.25) is 19.5 Å². The molecule has 4 heterocycles. The van der Waals surface area contributed by atoms with E-state index in [2.05, 4.69) is 20.2 Å². The number of H-pyrrole nitrogens is 2. The molecular weight excluding hydrogens is 394 g/mol. The minimum absolute atomic E-state index is 0.272. The number of aliphatic carboxylic acids is 1. The molecule has 0 saturated carbocycles. The van der Waals surface area contributed by atoms with E-state index in [0.29, 0.717) is 29.9 Å². The second-order valence-corrected chi connectivity index (χ2v) is 7.80. The SMILES string of the molecule is O=C(O)[C@H]1CCCN1Cc1ccc2[nH]c(-c3cc(-c4ccncc4)n[nH]c3=O)cc2c1. The second kappa shape index (κ2) is 7.81. The molecule has 0 radical (unpaired) electrons. The number of rotatable bonds is 5. The number of nitrogens with zero attached hydrogens (tertiary/aromatic N) is 3. The smallest absolute Gasteiger partial charge is 0.320 e. The summed E-state index contributed by atoms with van der Waals surface area (Å²) in [5.74, 6) is -0.760. The summed E-state index contributed by atoms with van der Waals surface area (Å²) in [6, 6.07) is 13.0. The number of likely N-dealkylation sites (tertiary alicyclic amines) is 1. The van der Waals surface area contributed by atoms with Gasteiger partial charge in [-0.15, -0.1) is 0 Å². The quantitative estimate of drug-likeness (QED) is 0.462. The molecule has 156 valence electrons. The molecule has 1 saturated heterocycles. The number of benzene rings is 1. The molecule has 3 aromatic heterocycles. The molecule has 1 fully saturated rings. The zero-order valence-corrected chi connectivity index (χ0v) is 16.7. The summed E-state index contributed by atoms with van der Waals surface area (Å²) >= 11 is 0. The van der Waals surface area contributed by atoms with E-state index in [-0.39, 0.29) is 5.56 Å². The van der Waals surface area contributed by atoms with Crippen molar-refractivity contribution in [2.45, 2.75) is 25.4 Å². The fourth-order valence-corrected chi connectivity index (χ4v) is 4.23. The average Bonchev–Trinajstić information content (AvgIpc) is 3.41. The summed E-state index contributed by atoms with van der Waals surface area (Å²) in [7, 11) is 0. The first-order valence-corrected chi connectivity index (χ1v) is 10.2. The van der Waals surface area contributed by atoms with Crippen LogP contribution < -0.4 is 5.56 Å². The molecule has 1 aliphatic heterocycles. The van der Waals surface area contributed by atoms with Crippen molar-refractivity contribution in [1.82, 2.24) is 25.1 Å². The molecule has 8 nitrogen and oxygen atoms in total. The van der Waals surface area contributed by atoms with Crippen LogP contribution in [-0.2, 0) is 11.3 Å². The Morgan fingerprint density at radius 1 is 1.16 bits per heavy atom. The maximum atomic E-state index is 12.5. The molecule has 0 unspecified atom stereocenters. The van der Waals surface area contributed by atoms with Crippen LogP contribution in [0.3, 0.4) is 0 Å². The summed E-state index contributed by atoms with van der Waals surface area (Å²) in [4.78, 5) is 33.2. The van der Waals surface area contributed by atoms with E-state index in [9.17, 15) is 14.7 Å². The fraction of sp³-hybridized carbons (Fsp3) is 0.217. The molecule has 31 heavy (non-hydrogen) atoms. The Morgan fingerprint density at radius 2 is 2.00 bits per heavy atom. The van der Waals surface area contributed by atoms with E-state index in [1.54, 1.807) is 18.5 Å². The molecule has 0 aliphatic carbocycles. The van der Waals surface area contributed by atoms with Gasteiger partial charge in [0.1, 0.15) is 6.04 Å². The molecule has 0 bridgehead atoms. The highest BCUT2D eigenvalue weighted by atomic mass is 16.4. The van der Waals surface area contributed by atoms with Gasteiger partial charge in [-0.05, 0) is 61.3 Å². The van der Waals surface area contributed by atoms with E-state index < -0.39 is 12.0 Å². The number of aromatic nitrogens is 4. The number of hydrogen-bond acceptors (Lipinski definition) is 5. The van der Waals surface area contributed by atoms with Gasteiger partial charge in [0.25, 0.3) is 5.56 Å². The minimum atomic E-state index is -0.760. The lowest BCUT2D eigenvalue weighted by atomic mass is 10.1. The maximum Gasteiger partial charge on any atom is 0.320 e. The number of carboxylic acid groups (broad SMARTS) is 1. The van der Waals surface area contributed by atoms with Crippen molar-refractivity contribution < 1.29 is 9.90 Å². The third kappa shape index (κ3) is 3.73. The van der Waals surface area contributed by atoms with Gasteiger partial charge in [-0.2, -0.15) is 5.10 Å². The number of pyridine rings is 1. The first kappa shape index (κ1) is 19.2. The molecule has 0 spiro atoms. The van der Waals surface area contributed by atoms with Gasteiger partial charge in [0.05, 0.1) is 17.0 Å². The summed E-state index contributed by atoms with van der Waals surface area (Å²) in [5, 5.41) is 17.1. The lowest BCUT2D eigenvalue weighted by Gasteiger charge is -2.20. The normalized spacial score (nSPS) is 16.7. The van der Waals surface area contributed by atoms with Crippen LogP contribution in [0.2, 0.25) is 0 Å². The van der Waals surface area contributed by atoms with Crippen LogP contribution in [0.25, 0.3) is 33.4 Å². The van der Waals surface area contributed by atoms with Crippen LogP contribution in [0.5, 0.6) is 0 Å². The van der Waals surface area contributed by atoms with Crippen LogP contribution in [0.1, 0.15) is 18.4 Å². The largest absolute Gasteiger partial charge is 0.480 e. The topological polar surface area (TPSA) is 115 Å². The van der Waals surface area contributed by atoms with E-state index in [1.165, 1.54) is 0 Å². The number of nitrogens with one attached hydrogen (secondary N) is 2. The lowest BCUT2D eigenvalue weighted by Crippen LogP contribution is -2.35. The molecule has 0 amide bonds. The van der Waals surface area contributed by atoms with Crippen molar-refractivity contribution >= 4 is 16.9 Å². The molecule has 1 aromatic carbocycles. The fourth-order valence-electron chi connectivity index (χ4n) is 4.23. The predicted octanol–water partition coefficient (Wildman–Crippen LogP) is 3.03. The molecule has 5 rings (SSSR count). The van der Waals surface area contributed by atoms with E-state index >= 15 is 0 Å². The van der Waals surface area contributed by atoms with Crippen LogP contribution in [-0.4, -0.2) is 48.7 Å². The van der Waals surface area contributed by atoms with Gasteiger partial charge in [-0.25, -0.2) is 5.10 Å². The highest BCUT2D eigenvalue weighted by molar-refractivity contribution is 5.86. The predicted molar refractivity (Wildman–Crippen MR) is 116 cm³/mol. The van der Waals surface area contributed by atoms with E-state index in [1.807, 2.05) is 41.3 Å². The van der Waals surface area contributed by atoms with Gasteiger partial charge in [0.15, 0.2) is 0 Å². The zero-order valence-electron chi connectivity index (χ0n) is 16.7. The van der Waals surface area contributed by atoms with Crippen molar-refractivity contribution in [3.05, 3.63) is 70.8 Å². The molecule has 4 aromatic rings. The Kier molecular flexibility index (Phi) is 4.83. The van der Waals surface area contributed by atoms with Crippen LogP contribution >= 0.6 is 0 Å². The number of carboxylic acids is 1. The van der Waals surface area contributed by atoms with Gasteiger partial charge < -0.3 is 10.1 Å². The van der Waals surface area contributed by atoms with Crippen molar-refractivity contribution in [1.29, 1.82) is 0 Å². The van der Waals surface area contributed by atoms with E-state index in [4.69, 9.17) is 0 Å². The Bertz CT molecular complexity index is 1310. The highest BCUT2D eigenvalue weighted by Gasteiger charge is 2.30. The summed E-state index contributed by atoms with van der Waals surface area (Å²) < 4.78 is 0. The van der Waals surface area contributed by atoms with Gasteiger partial charge in [0.2, 0.25) is 0 Å². The summed E-state index contributed by atoms with van der Waals surface area (Å²) in [5.41, 5.74) is 4.42. The van der Waals surface area contributed by atoms with E-state index in [0.717, 1.165) is 35.0 Å². The third-order valence-electron chi connectivity index (χ3n) is 5.79. The molecule has 1 aliphatic rings. The molecule has 1 atom stereocenters. The molecule has 3 N–H and O–H groups in total. The Balaban J connectivity index is 1.47.